The zero-order chi connectivity index (χ0) is 18.3. The average molecular weight is 346 g/mol. The summed E-state index contributed by atoms with van der Waals surface area (Å²) in [6.07, 6.45) is 2.79. The molecule has 0 aliphatic carbocycles. The Bertz CT molecular complexity index is 663. The fourth-order valence-corrected chi connectivity index (χ4v) is 2.87. The van der Waals surface area contributed by atoms with Crippen molar-refractivity contribution in [2.45, 2.75) is 40.2 Å². The molecule has 2 N–H and O–H groups in total. The minimum absolute atomic E-state index is 0.168. The molecular formula is C19H26N2O2S. The molecule has 0 fully saturated rings. The summed E-state index contributed by atoms with van der Waals surface area (Å²) in [6.45, 7) is 13.5. The van der Waals surface area contributed by atoms with Crippen molar-refractivity contribution >= 4 is 29.6 Å². The van der Waals surface area contributed by atoms with Gasteiger partial charge in [-0.3, -0.25) is 9.59 Å². The van der Waals surface area contributed by atoms with Gasteiger partial charge in [0.25, 0.3) is 0 Å². The summed E-state index contributed by atoms with van der Waals surface area (Å²) in [5.74, 6) is 0.772. The molecule has 0 spiro atoms. The summed E-state index contributed by atoms with van der Waals surface area (Å²) in [5, 5.41) is 6.08. The summed E-state index contributed by atoms with van der Waals surface area (Å²) in [6, 6.07) is 5.22. The SMILES string of the molecule is C=C(NC(C)(C)C(=O)Nc1ccc(C=O)c(C)c1)/C(=C/C)SCC. The van der Waals surface area contributed by atoms with E-state index in [1.165, 1.54) is 0 Å². The second-order valence-corrected chi connectivity index (χ2v) is 7.26. The van der Waals surface area contributed by atoms with Gasteiger partial charge in [-0.15, -0.1) is 11.8 Å². The first-order valence-corrected chi connectivity index (χ1v) is 8.87. The first-order valence-electron chi connectivity index (χ1n) is 7.89. The highest BCUT2D eigenvalue weighted by Gasteiger charge is 2.28. The van der Waals surface area contributed by atoms with Gasteiger partial charge in [-0.1, -0.05) is 19.6 Å². The lowest BCUT2D eigenvalue weighted by Gasteiger charge is -2.28. The molecule has 0 saturated heterocycles. The third-order valence-electron chi connectivity index (χ3n) is 3.55. The van der Waals surface area contributed by atoms with Gasteiger partial charge in [0, 0.05) is 21.9 Å². The van der Waals surface area contributed by atoms with Crippen LogP contribution in [-0.4, -0.2) is 23.5 Å². The third kappa shape index (κ3) is 5.27. The van der Waals surface area contributed by atoms with Crippen LogP contribution < -0.4 is 10.6 Å². The van der Waals surface area contributed by atoms with Crippen LogP contribution >= 0.6 is 11.8 Å². The number of hydrogen-bond acceptors (Lipinski definition) is 4. The molecule has 0 aliphatic rings. The molecule has 1 rings (SSSR count). The maximum Gasteiger partial charge on any atom is 0.249 e. The second-order valence-electron chi connectivity index (χ2n) is 5.96. The van der Waals surface area contributed by atoms with E-state index in [1.54, 1.807) is 30.0 Å². The number of benzene rings is 1. The average Bonchev–Trinajstić information content (AvgIpc) is 2.52. The largest absolute Gasteiger partial charge is 0.371 e. The number of carbonyl (C=O) groups is 2. The number of aryl methyl sites for hydroxylation is 1. The molecule has 4 nitrogen and oxygen atoms in total. The van der Waals surface area contributed by atoms with Crippen LogP contribution in [0, 0.1) is 6.92 Å². The molecule has 0 aromatic heterocycles. The Morgan fingerprint density at radius 2 is 2.04 bits per heavy atom. The number of nitrogens with one attached hydrogen (secondary N) is 2. The minimum atomic E-state index is -0.823. The van der Waals surface area contributed by atoms with Crippen LogP contribution in [0.25, 0.3) is 0 Å². The Morgan fingerprint density at radius 1 is 1.38 bits per heavy atom. The smallest absolute Gasteiger partial charge is 0.249 e. The molecule has 1 amide bonds. The predicted molar refractivity (Wildman–Crippen MR) is 103 cm³/mol. The van der Waals surface area contributed by atoms with E-state index >= 15 is 0 Å². The molecule has 1 aromatic carbocycles. The van der Waals surface area contributed by atoms with Crippen LogP contribution in [0.1, 0.15) is 43.6 Å². The van der Waals surface area contributed by atoms with Crippen LogP contribution in [0.4, 0.5) is 5.69 Å². The predicted octanol–water partition coefficient (Wildman–Crippen LogP) is 4.28. The fourth-order valence-electron chi connectivity index (χ4n) is 2.17. The van der Waals surface area contributed by atoms with Crippen molar-refractivity contribution in [1.82, 2.24) is 5.32 Å². The van der Waals surface area contributed by atoms with Crippen molar-refractivity contribution in [1.29, 1.82) is 0 Å². The quantitative estimate of drug-likeness (QED) is 0.545. The molecule has 0 radical (unpaired) electrons. The van der Waals surface area contributed by atoms with E-state index < -0.39 is 5.54 Å². The molecule has 24 heavy (non-hydrogen) atoms. The first-order chi connectivity index (χ1) is 11.2. The van der Waals surface area contributed by atoms with Gasteiger partial charge in [0.1, 0.15) is 11.8 Å². The van der Waals surface area contributed by atoms with Gasteiger partial charge in [0.15, 0.2) is 0 Å². The molecule has 0 heterocycles. The van der Waals surface area contributed by atoms with Crippen LogP contribution in [0.5, 0.6) is 0 Å². The highest BCUT2D eigenvalue weighted by molar-refractivity contribution is 8.03. The molecular weight excluding hydrogens is 320 g/mol. The van der Waals surface area contributed by atoms with Crippen molar-refractivity contribution in [2.75, 3.05) is 11.1 Å². The Kier molecular flexibility index (Phi) is 7.29. The number of hydrogen-bond donors (Lipinski definition) is 2. The molecule has 130 valence electrons. The monoisotopic (exact) mass is 346 g/mol. The van der Waals surface area contributed by atoms with Gasteiger partial charge in [-0.2, -0.15) is 0 Å². The number of thioether (sulfide) groups is 1. The number of aldehydes is 1. The highest BCUT2D eigenvalue weighted by Crippen LogP contribution is 2.23. The van der Waals surface area contributed by atoms with Gasteiger partial charge >= 0.3 is 0 Å². The molecule has 0 bridgehead atoms. The molecule has 5 heteroatoms. The lowest BCUT2D eigenvalue weighted by Crippen LogP contribution is -2.49. The number of amides is 1. The summed E-state index contributed by atoms with van der Waals surface area (Å²) >= 11 is 1.68. The first kappa shape index (κ1) is 20.0. The van der Waals surface area contributed by atoms with Crippen molar-refractivity contribution < 1.29 is 9.59 Å². The summed E-state index contributed by atoms with van der Waals surface area (Å²) in [5.41, 5.74) is 2.02. The summed E-state index contributed by atoms with van der Waals surface area (Å²) in [4.78, 5) is 24.5. The van der Waals surface area contributed by atoms with Gasteiger partial charge in [0.2, 0.25) is 5.91 Å². The van der Waals surface area contributed by atoms with E-state index in [2.05, 4.69) is 24.1 Å². The normalized spacial score (nSPS) is 11.8. The van der Waals surface area contributed by atoms with E-state index in [0.717, 1.165) is 28.2 Å². The zero-order valence-electron chi connectivity index (χ0n) is 15.0. The molecule has 0 saturated carbocycles. The Labute approximate surface area is 148 Å². The standard InChI is InChI=1S/C19H26N2O2S/c1-7-17(24-8-2)14(4)21-19(5,6)18(23)20-16-10-9-15(12-22)13(3)11-16/h7,9-12,21H,4,8H2,1-3,5-6H3,(H,20,23)/b17-7-. The van der Waals surface area contributed by atoms with Crippen molar-refractivity contribution in [2.24, 2.45) is 0 Å². The number of allylic oxidation sites excluding steroid dienone is 1. The van der Waals surface area contributed by atoms with Crippen LogP contribution in [-0.2, 0) is 4.79 Å². The lowest BCUT2D eigenvalue weighted by molar-refractivity contribution is -0.120. The van der Waals surface area contributed by atoms with Crippen molar-refractivity contribution in [3.05, 3.63) is 52.6 Å². The Hall–Kier alpha value is -2.01. The van der Waals surface area contributed by atoms with Crippen molar-refractivity contribution in [3.8, 4) is 0 Å². The van der Waals surface area contributed by atoms with Gasteiger partial charge < -0.3 is 10.6 Å². The van der Waals surface area contributed by atoms with Crippen molar-refractivity contribution in [3.63, 3.8) is 0 Å². The van der Waals surface area contributed by atoms with E-state index in [0.29, 0.717) is 11.3 Å². The summed E-state index contributed by atoms with van der Waals surface area (Å²) in [7, 11) is 0. The second kappa shape index (κ2) is 8.73. The Morgan fingerprint density at radius 3 is 2.54 bits per heavy atom. The van der Waals surface area contributed by atoms with Crippen LogP contribution in [0.2, 0.25) is 0 Å². The van der Waals surface area contributed by atoms with E-state index in [-0.39, 0.29) is 5.91 Å². The minimum Gasteiger partial charge on any atom is -0.371 e. The molecule has 0 atom stereocenters. The molecule has 0 aliphatic heterocycles. The maximum absolute atomic E-state index is 12.6. The summed E-state index contributed by atoms with van der Waals surface area (Å²) < 4.78 is 0. The van der Waals surface area contributed by atoms with Gasteiger partial charge in [-0.05, 0) is 57.2 Å². The lowest BCUT2D eigenvalue weighted by atomic mass is 10.0. The van der Waals surface area contributed by atoms with Crippen LogP contribution in [0.15, 0.2) is 41.5 Å². The van der Waals surface area contributed by atoms with E-state index in [1.807, 2.05) is 33.8 Å². The fraction of sp³-hybridized carbons (Fsp3) is 0.368. The third-order valence-corrected chi connectivity index (χ3v) is 4.63. The maximum atomic E-state index is 12.6. The molecule has 0 unspecified atom stereocenters. The van der Waals surface area contributed by atoms with E-state index in [4.69, 9.17) is 0 Å². The number of rotatable bonds is 8. The topological polar surface area (TPSA) is 58.2 Å². The zero-order valence-corrected chi connectivity index (χ0v) is 15.8. The van der Waals surface area contributed by atoms with E-state index in [9.17, 15) is 9.59 Å². The Balaban J connectivity index is 2.83. The van der Waals surface area contributed by atoms with Gasteiger partial charge in [0.05, 0.1) is 0 Å². The molecule has 1 aromatic rings. The number of anilines is 1. The van der Waals surface area contributed by atoms with Gasteiger partial charge in [-0.25, -0.2) is 0 Å². The van der Waals surface area contributed by atoms with Crippen LogP contribution in [0.3, 0.4) is 0 Å². The number of carbonyl (C=O) groups excluding carboxylic acids is 2. The highest BCUT2D eigenvalue weighted by atomic mass is 32.2.